The average molecular weight is 213 g/mol. The van der Waals surface area contributed by atoms with Crippen molar-refractivity contribution >= 4 is 0 Å². The Morgan fingerprint density at radius 3 is 2.73 bits per heavy atom. The molecule has 2 rings (SSSR count). The fourth-order valence-electron chi connectivity index (χ4n) is 2.65. The molecule has 88 valence electrons. The van der Waals surface area contributed by atoms with Gasteiger partial charge in [-0.25, -0.2) is 0 Å². The summed E-state index contributed by atoms with van der Waals surface area (Å²) in [6.07, 6.45) is 8.43. The third kappa shape index (κ3) is 3.44. The van der Waals surface area contributed by atoms with Crippen LogP contribution >= 0.6 is 0 Å². The maximum absolute atomic E-state index is 9.77. The van der Waals surface area contributed by atoms with Gasteiger partial charge in [0, 0.05) is 12.6 Å². The van der Waals surface area contributed by atoms with Crippen LogP contribution in [0.5, 0.6) is 0 Å². The first-order chi connectivity index (χ1) is 7.36. The van der Waals surface area contributed by atoms with Crippen LogP contribution in [0, 0.1) is 0 Å². The highest BCUT2D eigenvalue weighted by Crippen LogP contribution is 2.19. The molecule has 1 saturated heterocycles. The van der Waals surface area contributed by atoms with E-state index in [0.29, 0.717) is 12.1 Å². The van der Waals surface area contributed by atoms with Gasteiger partial charge >= 0.3 is 0 Å². The van der Waals surface area contributed by atoms with Gasteiger partial charge in [-0.05, 0) is 38.6 Å². The first kappa shape index (κ1) is 11.4. The van der Waals surface area contributed by atoms with E-state index < -0.39 is 0 Å². The molecule has 1 heterocycles. The van der Waals surface area contributed by atoms with E-state index in [1.165, 1.54) is 25.7 Å². The molecular weight excluding hydrogens is 190 g/mol. The van der Waals surface area contributed by atoms with E-state index in [4.69, 9.17) is 4.74 Å². The first-order valence-electron chi connectivity index (χ1n) is 6.39. The molecule has 1 aliphatic heterocycles. The van der Waals surface area contributed by atoms with E-state index in [2.05, 4.69) is 5.32 Å². The SMILES string of the molecule is O[C@@H]1CCCC[C@H]1NCCC1CCCO1. The van der Waals surface area contributed by atoms with Gasteiger partial charge in [-0.15, -0.1) is 0 Å². The molecule has 0 aromatic carbocycles. The fraction of sp³-hybridized carbons (Fsp3) is 1.00. The van der Waals surface area contributed by atoms with Gasteiger partial charge in [0.05, 0.1) is 12.2 Å². The predicted octanol–water partition coefficient (Wildman–Crippen LogP) is 1.45. The number of aliphatic hydroxyl groups excluding tert-OH is 1. The molecule has 1 saturated carbocycles. The third-order valence-corrected chi connectivity index (χ3v) is 3.63. The summed E-state index contributed by atoms with van der Waals surface area (Å²) in [5.74, 6) is 0. The molecule has 2 N–H and O–H groups in total. The van der Waals surface area contributed by atoms with Crippen LogP contribution in [0.25, 0.3) is 0 Å². The summed E-state index contributed by atoms with van der Waals surface area (Å²) in [5.41, 5.74) is 0. The van der Waals surface area contributed by atoms with Crippen LogP contribution in [-0.2, 0) is 4.74 Å². The zero-order valence-electron chi connectivity index (χ0n) is 9.45. The summed E-state index contributed by atoms with van der Waals surface area (Å²) < 4.78 is 5.57. The predicted molar refractivity (Wildman–Crippen MR) is 59.9 cm³/mol. The summed E-state index contributed by atoms with van der Waals surface area (Å²) in [4.78, 5) is 0. The normalized spacial score (nSPS) is 37.0. The van der Waals surface area contributed by atoms with Gasteiger partial charge in [-0.3, -0.25) is 0 Å². The third-order valence-electron chi connectivity index (χ3n) is 3.63. The van der Waals surface area contributed by atoms with Crippen molar-refractivity contribution in [2.45, 2.75) is 63.2 Å². The maximum atomic E-state index is 9.77. The molecule has 2 aliphatic rings. The van der Waals surface area contributed by atoms with Crippen molar-refractivity contribution in [1.29, 1.82) is 0 Å². The Morgan fingerprint density at radius 1 is 1.13 bits per heavy atom. The zero-order chi connectivity index (χ0) is 10.5. The van der Waals surface area contributed by atoms with Crippen molar-refractivity contribution in [2.24, 2.45) is 0 Å². The van der Waals surface area contributed by atoms with Crippen molar-refractivity contribution in [1.82, 2.24) is 5.32 Å². The molecule has 3 heteroatoms. The van der Waals surface area contributed by atoms with Gasteiger partial charge < -0.3 is 15.2 Å². The lowest BCUT2D eigenvalue weighted by molar-refractivity contribution is 0.0801. The Morgan fingerprint density at radius 2 is 2.00 bits per heavy atom. The van der Waals surface area contributed by atoms with E-state index in [-0.39, 0.29) is 6.10 Å². The number of rotatable bonds is 4. The molecule has 0 bridgehead atoms. The number of hydrogen-bond acceptors (Lipinski definition) is 3. The molecule has 2 fully saturated rings. The monoisotopic (exact) mass is 213 g/mol. The van der Waals surface area contributed by atoms with E-state index >= 15 is 0 Å². The van der Waals surface area contributed by atoms with Crippen LogP contribution < -0.4 is 5.32 Å². The second-order valence-corrected chi connectivity index (χ2v) is 4.84. The molecule has 3 nitrogen and oxygen atoms in total. The minimum absolute atomic E-state index is 0.122. The summed E-state index contributed by atoms with van der Waals surface area (Å²) >= 11 is 0. The van der Waals surface area contributed by atoms with Crippen molar-refractivity contribution in [3.8, 4) is 0 Å². The second-order valence-electron chi connectivity index (χ2n) is 4.84. The smallest absolute Gasteiger partial charge is 0.0693 e. The number of nitrogens with one attached hydrogen (secondary N) is 1. The molecule has 15 heavy (non-hydrogen) atoms. The summed E-state index contributed by atoms with van der Waals surface area (Å²) in [7, 11) is 0. The highest BCUT2D eigenvalue weighted by atomic mass is 16.5. The molecule has 0 radical (unpaired) electrons. The largest absolute Gasteiger partial charge is 0.392 e. The van der Waals surface area contributed by atoms with E-state index in [9.17, 15) is 5.11 Å². The van der Waals surface area contributed by atoms with E-state index in [0.717, 1.165) is 32.4 Å². The minimum atomic E-state index is -0.122. The van der Waals surface area contributed by atoms with Crippen molar-refractivity contribution < 1.29 is 9.84 Å². The highest BCUT2D eigenvalue weighted by Gasteiger charge is 2.22. The van der Waals surface area contributed by atoms with Gasteiger partial charge in [0.15, 0.2) is 0 Å². The second kappa shape index (κ2) is 5.83. The molecule has 1 unspecified atom stereocenters. The first-order valence-corrected chi connectivity index (χ1v) is 6.39. The zero-order valence-corrected chi connectivity index (χ0v) is 9.45. The quantitative estimate of drug-likeness (QED) is 0.742. The fourth-order valence-corrected chi connectivity index (χ4v) is 2.65. The van der Waals surface area contributed by atoms with Gasteiger partial charge in [0.1, 0.15) is 0 Å². The standard InChI is InChI=1S/C12H23NO2/c14-12-6-2-1-5-11(12)13-8-7-10-4-3-9-15-10/h10-14H,1-9H2/t10?,11-,12-/m1/s1. The van der Waals surface area contributed by atoms with Crippen LogP contribution in [0.1, 0.15) is 44.9 Å². The molecule has 0 aromatic heterocycles. The van der Waals surface area contributed by atoms with Gasteiger partial charge in [-0.2, -0.15) is 0 Å². The minimum Gasteiger partial charge on any atom is -0.392 e. The molecule has 0 amide bonds. The molecule has 1 aliphatic carbocycles. The number of aliphatic hydroxyl groups is 1. The lowest BCUT2D eigenvalue weighted by Gasteiger charge is -2.28. The average Bonchev–Trinajstić information content (AvgIpc) is 2.74. The van der Waals surface area contributed by atoms with Crippen LogP contribution in [0.2, 0.25) is 0 Å². The molecule has 0 aromatic rings. The van der Waals surface area contributed by atoms with E-state index in [1.807, 2.05) is 0 Å². The Balaban J connectivity index is 1.59. The topological polar surface area (TPSA) is 41.5 Å². The molecule has 0 spiro atoms. The Bertz CT molecular complexity index is 180. The van der Waals surface area contributed by atoms with Crippen LogP contribution in [0.15, 0.2) is 0 Å². The van der Waals surface area contributed by atoms with Crippen LogP contribution in [0.4, 0.5) is 0 Å². The Labute approximate surface area is 92.2 Å². The lowest BCUT2D eigenvalue weighted by atomic mass is 9.92. The number of ether oxygens (including phenoxy) is 1. The Kier molecular flexibility index (Phi) is 4.42. The van der Waals surface area contributed by atoms with Crippen LogP contribution in [-0.4, -0.2) is 36.5 Å². The lowest BCUT2D eigenvalue weighted by Crippen LogP contribution is -2.42. The summed E-state index contributed by atoms with van der Waals surface area (Å²) in [6, 6.07) is 0.333. The highest BCUT2D eigenvalue weighted by molar-refractivity contribution is 4.80. The van der Waals surface area contributed by atoms with Crippen LogP contribution in [0.3, 0.4) is 0 Å². The van der Waals surface area contributed by atoms with Gasteiger partial charge in [0.2, 0.25) is 0 Å². The number of hydrogen-bond donors (Lipinski definition) is 2. The maximum Gasteiger partial charge on any atom is 0.0693 e. The summed E-state index contributed by atoms with van der Waals surface area (Å²) in [6.45, 7) is 1.93. The van der Waals surface area contributed by atoms with Crippen molar-refractivity contribution in [3.05, 3.63) is 0 Å². The Hall–Kier alpha value is -0.120. The van der Waals surface area contributed by atoms with Gasteiger partial charge in [-0.1, -0.05) is 12.8 Å². The molecular formula is C12H23NO2. The van der Waals surface area contributed by atoms with E-state index in [1.54, 1.807) is 0 Å². The molecule has 3 atom stereocenters. The summed E-state index contributed by atoms with van der Waals surface area (Å²) in [5, 5.41) is 13.2. The van der Waals surface area contributed by atoms with Gasteiger partial charge in [0.25, 0.3) is 0 Å². The van der Waals surface area contributed by atoms with Crippen molar-refractivity contribution in [2.75, 3.05) is 13.2 Å². The van der Waals surface area contributed by atoms with Crippen molar-refractivity contribution in [3.63, 3.8) is 0 Å².